The van der Waals surface area contributed by atoms with E-state index in [4.69, 9.17) is 0 Å². The maximum absolute atomic E-state index is 14.9. The van der Waals surface area contributed by atoms with Crippen molar-refractivity contribution < 1.29 is 92.2 Å². The predicted molar refractivity (Wildman–Crippen MR) is 98.5 cm³/mol. The Balaban J connectivity index is 2.96. The number of hydrogen-bond donors (Lipinski definition) is 0. The first kappa shape index (κ1) is 33.8. The van der Waals surface area contributed by atoms with Crippen molar-refractivity contribution in [1.82, 2.24) is 0 Å². The molecule has 0 radical (unpaired) electrons. The highest BCUT2D eigenvalue weighted by atomic mass is 19.4. The van der Waals surface area contributed by atoms with Gasteiger partial charge in [0.1, 0.15) is 0 Å². The summed E-state index contributed by atoms with van der Waals surface area (Å²) in [4.78, 5) is 0. The standard InChI is InChI=1S/C21BF21/c23-7-1(19(35,36)37)4(10(26)16(32)13(7)29)22(5-2(20(38,39)40)8(24)14(30)17(33)11(5)27)6-3(21(41,42)43)9(25)15(31)18(34)12(6)28. The Morgan fingerprint density at radius 3 is 0.581 bits per heavy atom. The van der Waals surface area contributed by atoms with E-state index >= 15 is 0 Å². The largest absolute Gasteiger partial charge is 0.418 e. The highest BCUT2D eigenvalue weighted by Gasteiger charge is 2.54. The van der Waals surface area contributed by atoms with Crippen molar-refractivity contribution in [2.75, 3.05) is 0 Å². The molecule has 0 fully saturated rings. The summed E-state index contributed by atoms with van der Waals surface area (Å²) >= 11 is 0. The molecule has 0 unspecified atom stereocenters. The van der Waals surface area contributed by atoms with E-state index in [-0.39, 0.29) is 0 Å². The molecule has 0 heterocycles. The smallest absolute Gasteiger partial charge is 0.204 e. The minimum atomic E-state index is -6.86. The molecule has 0 saturated carbocycles. The van der Waals surface area contributed by atoms with E-state index in [1.807, 2.05) is 0 Å². The lowest BCUT2D eigenvalue weighted by molar-refractivity contribution is -0.140. The molecule has 0 N–H and O–H groups in total. The lowest BCUT2D eigenvalue weighted by atomic mass is 9.34. The summed E-state index contributed by atoms with van der Waals surface area (Å²) < 4.78 is 295. The van der Waals surface area contributed by atoms with E-state index in [1.54, 1.807) is 0 Å². The maximum atomic E-state index is 14.9. The van der Waals surface area contributed by atoms with Crippen LogP contribution in [0.3, 0.4) is 0 Å². The molecule has 0 saturated heterocycles. The van der Waals surface area contributed by atoms with Crippen LogP contribution in [0.15, 0.2) is 0 Å². The summed E-state index contributed by atoms with van der Waals surface area (Å²) in [6, 6.07) is 0. The number of benzene rings is 3. The molecule has 0 nitrogen and oxygen atoms in total. The van der Waals surface area contributed by atoms with E-state index in [2.05, 4.69) is 0 Å². The first-order valence-corrected chi connectivity index (χ1v) is 10.1. The molecule has 3 rings (SSSR count). The van der Waals surface area contributed by atoms with Gasteiger partial charge in [-0.1, -0.05) is 0 Å². The lowest BCUT2D eigenvalue weighted by Crippen LogP contribution is -2.62. The summed E-state index contributed by atoms with van der Waals surface area (Å²) in [6.07, 6.45) is -20.6. The molecule has 234 valence electrons. The molecule has 3 aromatic carbocycles. The number of halogens is 21. The predicted octanol–water partition coefficient (Wildman–Crippen LogP) is 6.93. The van der Waals surface area contributed by atoms with Crippen LogP contribution in [-0.2, 0) is 18.5 Å². The SMILES string of the molecule is Fc1c(F)c(F)c(C(F)(F)F)c(B(c2c(F)c(F)c(F)c(F)c2C(F)(F)F)c2c(F)c(F)c(F)c(F)c2C(F)(F)F)c1F. The van der Waals surface area contributed by atoms with Gasteiger partial charge in [-0.15, -0.1) is 0 Å². The van der Waals surface area contributed by atoms with Crippen molar-refractivity contribution in [1.29, 1.82) is 0 Å². The molecule has 3 aromatic rings. The Bertz CT molecular complexity index is 1450. The fourth-order valence-electron chi connectivity index (χ4n) is 4.02. The Morgan fingerprint density at radius 2 is 0.419 bits per heavy atom. The second-order valence-electron chi connectivity index (χ2n) is 8.06. The average molecular weight is 662 g/mol. The van der Waals surface area contributed by atoms with Gasteiger partial charge in [0.05, 0.1) is 16.7 Å². The minimum Gasteiger partial charge on any atom is -0.204 e. The van der Waals surface area contributed by atoms with Gasteiger partial charge in [-0.3, -0.25) is 0 Å². The van der Waals surface area contributed by atoms with Crippen LogP contribution in [0.4, 0.5) is 92.2 Å². The number of rotatable bonds is 3. The van der Waals surface area contributed by atoms with E-state index in [0.29, 0.717) is 0 Å². The van der Waals surface area contributed by atoms with Crippen LogP contribution in [0.1, 0.15) is 16.7 Å². The van der Waals surface area contributed by atoms with Crippen LogP contribution >= 0.6 is 0 Å². The average Bonchev–Trinajstić information content (AvgIpc) is 2.86. The Labute approximate surface area is 221 Å². The monoisotopic (exact) mass is 662 g/mol. The number of alkyl halides is 9. The molecule has 43 heavy (non-hydrogen) atoms. The van der Waals surface area contributed by atoms with Gasteiger partial charge >= 0.3 is 18.5 Å². The fraction of sp³-hybridized carbons (Fsp3) is 0.143. The summed E-state index contributed by atoms with van der Waals surface area (Å²) in [6.45, 7) is -5.09. The van der Waals surface area contributed by atoms with Crippen LogP contribution < -0.4 is 16.4 Å². The van der Waals surface area contributed by atoms with Gasteiger partial charge in [-0.25, -0.2) is 52.7 Å². The molecule has 22 heteroatoms. The normalized spacial score (nSPS) is 12.8. The van der Waals surface area contributed by atoms with Crippen molar-refractivity contribution in [3.63, 3.8) is 0 Å². The molecule has 0 aliphatic heterocycles. The Kier molecular flexibility index (Phi) is 8.21. The van der Waals surface area contributed by atoms with Crippen LogP contribution in [0.2, 0.25) is 0 Å². The zero-order valence-corrected chi connectivity index (χ0v) is 19.0. The third-order valence-corrected chi connectivity index (χ3v) is 5.63. The Morgan fingerprint density at radius 1 is 0.256 bits per heavy atom. The molecule has 0 spiro atoms. The third-order valence-electron chi connectivity index (χ3n) is 5.63. The van der Waals surface area contributed by atoms with Crippen LogP contribution in [0, 0.1) is 69.8 Å². The van der Waals surface area contributed by atoms with Gasteiger partial charge in [0.25, 0.3) is 6.71 Å². The van der Waals surface area contributed by atoms with E-state index < -0.39 is 128 Å². The van der Waals surface area contributed by atoms with Crippen LogP contribution in [0.5, 0.6) is 0 Å². The van der Waals surface area contributed by atoms with Gasteiger partial charge in [0.2, 0.25) is 0 Å². The van der Waals surface area contributed by atoms with Crippen molar-refractivity contribution >= 4 is 23.1 Å². The van der Waals surface area contributed by atoms with Gasteiger partial charge in [-0.2, -0.15) is 39.5 Å². The molecule has 0 aliphatic carbocycles. The number of hydrogen-bond acceptors (Lipinski definition) is 0. The molecule has 0 bridgehead atoms. The molecule has 0 aromatic heterocycles. The van der Waals surface area contributed by atoms with Gasteiger partial charge < -0.3 is 0 Å². The van der Waals surface area contributed by atoms with Gasteiger partial charge in [-0.05, 0) is 16.4 Å². The zero-order chi connectivity index (χ0) is 33.5. The highest BCUT2D eigenvalue weighted by molar-refractivity contribution is 6.96. The van der Waals surface area contributed by atoms with Crippen molar-refractivity contribution in [3.8, 4) is 0 Å². The quantitative estimate of drug-likeness (QED) is 0.124. The summed E-state index contributed by atoms with van der Waals surface area (Å²) in [5.41, 5.74) is -22.5. The molecule has 0 atom stereocenters. The summed E-state index contributed by atoms with van der Waals surface area (Å²) in [5, 5.41) is 0. The zero-order valence-electron chi connectivity index (χ0n) is 19.0. The van der Waals surface area contributed by atoms with Gasteiger partial charge in [0, 0.05) is 0 Å². The van der Waals surface area contributed by atoms with Crippen LogP contribution in [0.25, 0.3) is 0 Å². The summed E-state index contributed by atoms with van der Waals surface area (Å²) in [7, 11) is 0. The summed E-state index contributed by atoms with van der Waals surface area (Å²) in [5.74, 6) is -44.1. The molecule has 0 amide bonds. The lowest BCUT2D eigenvalue weighted by Gasteiger charge is -2.28. The second kappa shape index (κ2) is 10.5. The topological polar surface area (TPSA) is 0 Å². The van der Waals surface area contributed by atoms with Crippen LogP contribution in [-0.4, -0.2) is 6.71 Å². The minimum absolute atomic E-state index is 3.53. The molecular formula is C21BF21. The third kappa shape index (κ3) is 5.21. The molecular weight excluding hydrogens is 662 g/mol. The second-order valence-corrected chi connectivity index (χ2v) is 8.06. The van der Waals surface area contributed by atoms with Crippen molar-refractivity contribution in [2.45, 2.75) is 18.5 Å². The van der Waals surface area contributed by atoms with Crippen molar-refractivity contribution in [2.24, 2.45) is 0 Å². The first-order chi connectivity index (χ1) is 19.3. The Hall–Kier alpha value is -3.75. The molecule has 0 aliphatic rings. The van der Waals surface area contributed by atoms with Gasteiger partial charge in [0.15, 0.2) is 69.8 Å². The maximum Gasteiger partial charge on any atom is 0.418 e. The van der Waals surface area contributed by atoms with E-state index in [0.717, 1.165) is 0 Å². The van der Waals surface area contributed by atoms with E-state index in [1.165, 1.54) is 0 Å². The first-order valence-electron chi connectivity index (χ1n) is 10.1. The van der Waals surface area contributed by atoms with E-state index in [9.17, 15) is 92.2 Å². The van der Waals surface area contributed by atoms with Crippen molar-refractivity contribution in [3.05, 3.63) is 86.5 Å². The highest BCUT2D eigenvalue weighted by Crippen LogP contribution is 2.38. The fourth-order valence-corrected chi connectivity index (χ4v) is 4.02.